The van der Waals surface area contributed by atoms with Gasteiger partial charge in [-0.3, -0.25) is 0 Å². The Morgan fingerprint density at radius 2 is 1.64 bits per heavy atom. The number of benzene rings is 3. The van der Waals surface area contributed by atoms with Crippen LogP contribution in [-0.4, -0.2) is 7.11 Å². The maximum absolute atomic E-state index is 15.3. The van der Waals surface area contributed by atoms with E-state index in [0.717, 1.165) is 11.3 Å². The third-order valence-corrected chi connectivity index (χ3v) is 7.48. The number of hydrogen-bond acceptors (Lipinski definition) is 1. The zero-order valence-corrected chi connectivity index (χ0v) is 20.0. The standard InChI is InChI=1S/C30H36F2O/c1-3-4-5-6-7-8-21-9-11-22(12-10-21)23-13-16-26-24(19-23)14-17-27(30(26)32)25-15-18-29(33-2)28(31)20-25/h13-22H,3-12H2,1-2H3. The summed E-state index contributed by atoms with van der Waals surface area (Å²) in [7, 11) is 1.42. The molecule has 3 heteroatoms. The average Bonchev–Trinajstić information content (AvgIpc) is 2.84. The highest BCUT2D eigenvalue weighted by Gasteiger charge is 2.22. The summed E-state index contributed by atoms with van der Waals surface area (Å²) in [4.78, 5) is 0. The molecular formula is C30H36F2O. The molecule has 0 unspecified atom stereocenters. The highest BCUT2D eigenvalue weighted by molar-refractivity contribution is 5.89. The van der Waals surface area contributed by atoms with E-state index in [0.29, 0.717) is 22.4 Å². The molecule has 0 radical (unpaired) electrons. The minimum atomic E-state index is -0.485. The summed E-state index contributed by atoms with van der Waals surface area (Å²) in [6.45, 7) is 2.27. The van der Waals surface area contributed by atoms with Gasteiger partial charge in [-0.15, -0.1) is 0 Å². The van der Waals surface area contributed by atoms with Crippen molar-refractivity contribution in [3.63, 3.8) is 0 Å². The van der Waals surface area contributed by atoms with E-state index in [9.17, 15) is 4.39 Å². The largest absolute Gasteiger partial charge is 0.494 e. The quantitative estimate of drug-likeness (QED) is 0.295. The van der Waals surface area contributed by atoms with Crippen molar-refractivity contribution < 1.29 is 13.5 Å². The number of methoxy groups -OCH3 is 1. The molecule has 1 fully saturated rings. The molecular weight excluding hydrogens is 414 g/mol. The summed E-state index contributed by atoms with van der Waals surface area (Å²) in [5.74, 6) is 0.838. The summed E-state index contributed by atoms with van der Waals surface area (Å²) < 4.78 is 34.5. The second-order valence-electron chi connectivity index (χ2n) is 9.68. The number of fused-ring (bicyclic) bond motifs is 1. The molecule has 33 heavy (non-hydrogen) atoms. The van der Waals surface area contributed by atoms with Crippen LogP contribution in [0.1, 0.15) is 82.6 Å². The lowest BCUT2D eigenvalue weighted by molar-refractivity contribution is 0.302. The lowest BCUT2D eigenvalue weighted by atomic mass is 9.76. The van der Waals surface area contributed by atoms with Crippen LogP contribution < -0.4 is 4.74 Å². The van der Waals surface area contributed by atoms with E-state index in [1.807, 2.05) is 12.1 Å². The van der Waals surface area contributed by atoms with Gasteiger partial charge >= 0.3 is 0 Å². The fourth-order valence-corrected chi connectivity index (χ4v) is 5.44. The molecule has 1 aliphatic carbocycles. The maximum atomic E-state index is 15.3. The van der Waals surface area contributed by atoms with Crippen LogP contribution in [0.3, 0.4) is 0 Å². The second-order valence-corrected chi connectivity index (χ2v) is 9.68. The molecule has 0 aromatic heterocycles. The molecule has 0 bridgehead atoms. The van der Waals surface area contributed by atoms with Crippen LogP contribution in [0.5, 0.6) is 5.75 Å². The van der Waals surface area contributed by atoms with Crippen molar-refractivity contribution in [2.24, 2.45) is 5.92 Å². The molecule has 0 saturated heterocycles. The van der Waals surface area contributed by atoms with Crippen molar-refractivity contribution >= 4 is 10.8 Å². The number of ether oxygens (including phenoxy) is 1. The molecule has 1 nitrogen and oxygen atoms in total. The number of unbranched alkanes of at least 4 members (excludes halogenated alkanes) is 4. The van der Waals surface area contributed by atoms with E-state index in [2.05, 4.69) is 19.1 Å². The minimum Gasteiger partial charge on any atom is -0.494 e. The highest BCUT2D eigenvalue weighted by Crippen LogP contribution is 2.39. The van der Waals surface area contributed by atoms with Gasteiger partial charge < -0.3 is 4.74 Å². The molecule has 3 aromatic carbocycles. The molecule has 4 rings (SSSR count). The SMILES string of the molecule is CCCCCCCC1CCC(c2ccc3c(F)c(-c4ccc(OC)c(F)c4)ccc3c2)CC1. The van der Waals surface area contributed by atoms with Gasteiger partial charge in [-0.25, -0.2) is 8.78 Å². The molecule has 0 amide bonds. The van der Waals surface area contributed by atoms with Gasteiger partial charge in [0.15, 0.2) is 11.6 Å². The van der Waals surface area contributed by atoms with Crippen LogP contribution in [0.4, 0.5) is 8.78 Å². The van der Waals surface area contributed by atoms with Gasteiger partial charge in [0.2, 0.25) is 0 Å². The Kier molecular flexibility index (Phi) is 8.01. The molecule has 1 saturated carbocycles. The van der Waals surface area contributed by atoms with Gasteiger partial charge in [0, 0.05) is 10.9 Å². The summed E-state index contributed by atoms with van der Waals surface area (Å²) >= 11 is 0. The van der Waals surface area contributed by atoms with Gasteiger partial charge in [-0.05, 0) is 66.2 Å². The van der Waals surface area contributed by atoms with E-state index in [-0.39, 0.29) is 11.6 Å². The van der Waals surface area contributed by atoms with Gasteiger partial charge in [-0.1, -0.05) is 81.8 Å². The Balaban J connectivity index is 1.43. The molecule has 0 N–H and O–H groups in total. The van der Waals surface area contributed by atoms with Gasteiger partial charge in [0.05, 0.1) is 7.11 Å². The number of hydrogen-bond donors (Lipinski definition) is 0. The first-order chi connectivity index (χ1) is 16.1. The zero-order chi connectivity index (χ0) is 23.2. The first kappa shape index (κ1) is 23.7. The highest BCUT2D eigenvalue weighted by atomic mass is 19.1. The summed E-state index contributed by atoms with van der Waals surface area (Å²) in [5.41, 5.74) is 2.26. The first-order valence-electron chi connectivity index (χ1n) is 12.7. The van der Waals surface area contributed by atoms with E-state index in [1.165, 1.54) is 82.9 Å². The van der Waals surface area contributed by atoms with E-state index in [1.54, 1.807) is 18.2 Å². The van der Waals surface area contributed by atoms with E-state index < -0.39 is 5.82 Å². The van der Waals surface area contributed by atoms with Crippen molar-refractivity contribution in [1.29, 1.82) is 0 Å². The maximum Gasteiger partial charge on any atom is 0.165 e. The second kappa shape index (κ2) is 11.1. The van der Waals surface area contributed by atoms with Crippen molar-refractivity contribution in [3.05, 3.63) is 65.7 Å². The zero-order valence-electron chi connectivity index (χ0n) is 20.0. The first-order valence-corrected chi connectivity index (χ1v) is 12.7. The van der Waals surface area contributed by atoms with E-state index >= 15 is 4.39 Å². The Bertz CT molecular complexity index is 1070. The summed E-state index contributed by atoms with van der Waals surface area (Å²) in [6, 6.07) is 14.5. The van der Waals surface area contributed by atoms with Gasteiger partial charge in [0.25, 0.3) is 0 Å². The predicted octanol–water partition coefficient (Wildman–Crippen LogP) is 9.43. The Labute approximate surface area is 197 Å². The Morgan fingerprint density at radius 3 is 2.36 bits per heavy atom. The van der Waals surface area contributed by atoms with Crippen LogP contribution >= 0.6 is 0 Å². The molecule has 1 aliphatic rings. The number of rotatable bonds is 9. The third kappa shape index (κ3) is 5.57. The van der Waals surface area contributed by atoms with Crippen molar-refractivity contribution in [3.8, 4) is 16.9 Å². The minimum absolute atomic E-state index is 0.163. The van der Waals surface area contributed by atoms with Crippen LogP contribution in [0.2, 0.25) is 0 Å². The smallest absolute Gasteiger partial charge is 0.165 e. The Morgan fingerprint density at radius 1 is 0.848 bits per heavy atom. The summed E-state index contributed by atoms with van der Waals surface area (Å²) in [6.07, 6.45) is 13.3. The molecule has 3 aromatic rings. The summed E-state index contributed by atoms with van der Waals surface area (Å²) in [5, 5.41) is 1.51. The topological polar surface area (TPSA) is 9.23 Å². The number of halogens is 2. The van der Waals surface area contributed by atoms with Gasteiger partial charge in [-0.2, -0.15) is 0 Å². The van der Waals surface area contributed by atoms with Crippen LogP contribution in [0.25, 0.3) is 21.9 Å². The van der Waals surface area contributed by atoms with Crippen molar-refractivity contribution in [2.75, 3.05) is 7.11 Å². The van der Waals surface area contributed by atoms with Crippen LogP contribution in [0.15, 0.2) is 48.5 Å². The van der Waals surface area contributed by atoms with Gasteiger partial charge in [0.1, 0.15) is 5.82 Å². The predicted molar refractivity (Wildman–Crippen MR) is 134 cm³/mol. The van der Waals surface area contributed by atoms with E-state index in [4.69, 9.17) is 4.74 Å². The fraction of sp³-hybridized carbons (Fsp3) is 0.467. The average molecular weight is 451 g/mol. The Hall–Kier alpha value is -2.42. The normalized spacial score (nSPS) is 18.5. The molecule has 0 heterocycles. The third-order valence-electron chi connectivity index (χ3n) is 7.48. The molecule has 176 valence electrons. The molecule has 0 aliphatic heterocycles. The van der Waals surface area contributed by atoms with Crippen LogP contribution in [0, 0.1) is 17.6 Å². The molecule has 0 atom stereocenters. The fourth-order valence-electron chi connectivity index (χ4n) is 5.44. The lowest BCUT2D eigenvalue weighted by Crippen LogP contribution is -2.13. The van der Waals surface area contributed by atoms with Crippen molar-refractivity contribution in [1.82, 2.24) is 0 Å². The monoisotopic (exact) mass is 450 g/mol. The van der Waals surface area contributed by atoms with Crippen LogP contribution in [-0.2, 0) is 0 Å². The molecule has 0 spiro atoms. The lowest BCUT2D eigenvalue weighted by Gasteiger charge is -2.29. The van der Waals surface area contributed by atoms with Crippen molar-refractivity contribution in [2.45, 2.75) is 77.0 Å².